The number of aromatic nitrogens is 1. The molecule has 0 unspecified atom stereocenters. The van der Waals surface area contributed by atoms with Crippen molar-refractivity contribution >= 4 is 45.8 Å². The van der Waals surface area contributed by atoms with Crippen LogP contribution < -0.4 is 4.90 Å². The smallest absolute Gasteiger partial charge is 0.254 e. The molecule has 0 aliphatic carbocycles. The minimum absolute atomic E-state index is 0.230. The monoisotopic (exact) mass is 518 g/mol. The lowest BCUT2D eigenvalue weighted by molar-refractivity contribution is -0.139. The van der Waals surface area contributed by atoms with Gasteiger partial charge in [-0.05, 0) is 48.5 Å². The van der Waals surface area contributed by atoms with E-state index in [1.165, 1.54) is 23.9 Å². The number of anilines is 1. The molecule has 2 amide bonds. The van der Waals surface area contributed by atoms with Crippen LogP contribution in [-0.2, 0) is 21.7 Å². The van der Waals surface area contributed by atoms with Crippen LogP contribution in [0.1, 0.15) is 22.6 Å². The fourth-order valence-corrected chi connectivity index (χ4v) is 8.29. The number of carbonyl (C=O) groups excluding carboxylic acids is 2. The van der Waals surface area contributed by atoms with Gasteiger partial charge < -0.3 is 4.90 Å². The number of amides is 2. The van der Waals surface area contributed by atoms with Crippen molar-refractivity contribution in [3.05, 3.63) is 95.6 Å². The van der Waals surface area contributed by atoms with Gasteiger partial charge in [0.05, 0.1) is 6.54 Å². The topological polar surface area (TPSA) is 56.8 Å². The summed E-state index contributed by atoms with van der Waals surface area (Å²) in [4.78, 5) is 38.2. The van der Waals surface area contributed by atoms with E-state index in [0.29, 0.717) is 28.7 Å². The number of fused-ring (bicyclic) bond motifs is 3. The number of rotatable bonds is 3. The summed E-state index contributed by atoms with van der Waals surface area (Å²) < 4.78 is 13.8. The van der Waals surface area contributed by atoms with E-state index in [0.717, 1.165) is 11.1 Å². The van der Waals surface area contributed by atoms with Crippen molar-refractivity contribution in [2.75, 3.05) is 25.5 Å². The first-order valence-corrected chi connectivity index (χ1v) is 12.8. The summed E-state index contributed by atoms with van der Waals surface area (Å²) >= 11 is 7.08. The molecule has 4 heterocycles. The van der Waals surface area contributed by atoms with Gasteiger partial charge in [0.15, 0.2) is 5.54 Å². The third kappa shape index (κ3) is 2.87. The molecule has 36 heavy (non-hydrogen) atoms. The first kappa shape index (κ1) is 23.3. The number of thiocarbonyl (C=S) groups is 1. The van der Waals surface area contributed by atoms with Gasteiger partial charge in [0, 0.05) is 43.2 Å². The Hall–Kier alpha value is -3.14. The van der Waals surface area contributed by atoms with Crippen molar-refractivity contribution in [3.63, 3.8) is 0 Å². The molecule has 3 atom stereocenters. The van der Waals surface area contributed by atoms with Gasteiger partial charge in [-0.3, -0.25) is 24.4 Å². The molecule has 0 bridgehead atoms. The summed E-state index contributed by atoms with van der Waals surface area (Å²) in [5, 5.41) is 0. The van der Waals surface area contributed by atoms with Gasteiger partial charge in [0.1, 0.15) is 14.9 Å². The maximum Gasteiger partial charge on any atom is 0.254 e. The molecule has 0 N–H and O–H groups in total. The van der Waals surface area contributed by atoms with E-state index >= 15 is 0 Å². The molecule has 0 radical (unpaired) electrons. The number of benzene rings is 2. The first-order chi connectivity index (χ1) is 17.3. The summed E-state index contributed by atoms with van der Waals surface area (Å²) in [6.07, 6.45) is 3.38. The van der Waals surface area contributed by atoms with Crippen LogP contribution in [-0.4, -0.2) is 56.3 Å². The van der Waals surface area contributed by atoms with Gasteiger partial charge in [-0.25, -0.2) is 4.39 Å². The number of halogens is 1. The zero-order valence-corrected chi connectivity index (χ0v) is 21.4. The van der Waals surface area contributed by atoms with Crippen LogP contribution in [0.15, 0.2) is 73.1 Å². The van der Waals surface area contributed by atoms with Crippen LogP contribution in [0, 0.1) is 5.82 Å². The third-order valence-electron chi connectivity index (χ3n) is 7.70. The summed E-state index contributed by atoms with van der Waals surface area (Å²) in [6, 6.07) is 17.8. The molecule has 9 heteroatoms. The van der Waals surface area contributed by atoms with Gasteiger partial charge >= 0.3 is 0 Å². The van der Waals surface area contributed by atoms with Crippen LogP contribution in [0.25, 0.3) is 0 Å². The van der Waals surface area contributed by atoms with Crippen molar-refractivity contribution in [2.45, 2.75) is 22.7 Å². The van der Waals surface area contributed by atoms with Crippen LogP contribution in [0.2, 0.25) is 0 Å². The summed E-state index contributed by atoms with van der Waals surface area (Å²) in [5.41, 5.74) is 1.50. The largest absolute Gasteiger partial charge is 0.313 e. The molecule has 2 fully saturated rings. The van der Waals surface area contributed by atoms with Gasteiger partial charge in [-0.1, -0.05) is 54.3 Å². The maximum atomic E-state index is 14.7. The summed E-state index contributed by atoms with van der Waals surface area (Å²) in [7, 11) is 3.52. The Morgan fingerprint density at radius 2 is 1.78 bits per heavy atom. The Morgan fingerprint density at radius 1 is 1.06 bits per heavy atom. The maximum absolute atomic E-state index is 14.7. The number of hydrogen-bond donors (Lipinski definition) is 0. The Balaban J connectivity index is 1.60. The second-order valence-corrected chi connectivity index (χ2v) is 11.3. The number of likely N-dealkylation sites (tertiary alicyclic amines) is 1. The number of pyridine rings is 1. The van der Waals surface area contributed by atoms with E-state index < -0.39 is 16.1 Å². The zero-order chi connectivity index (χ0) is 25.2. The minimum Gasteiger partial charge on any atom is -0.313 e. The van der Waals surface area contributed by atoms with Crippen LogP contribution in [0.5, 0.6) is 0 Å². The summed E-state index contributed by atoms with van der Waals surface area (Å²) in [5.74, 6) is -1.32. The lowest BCUT2D eigenvalue weighted by atomic mass is 9.72. The molecular formula is C27H23FN4O2S2. The highest BCUT2D eigenvalue weighted by molar-refractivity contribution is 8.25. The molecule has 3 aliphatic rings. The molecule has 2 saturated heterocycles. The zero-order valence-electron chi connectivity index (χ0n) is 19.7. The summed E-state index contributed by atoms with van der Waals surface area (Å²) in [6.45, 7) is 0.718. The SMILES string of the molecule is CN1C(=O)[C@]2(c3cc(F)ccc31)N(C)C[C@@H](c1ccncc1)[C@]21SC(=S)N(Cc2ccccc2)C1=O. The van der Waals surface area contributed by atoms with Gasteiger partial charge in [0.25, 0.3) is 5.91 Å². The van der Waals surface area contributed by atoms with Crippen molar-refractivity contribution < 1.29 is 14.0 Å². The molecular weight excluding hydrogens is 495 g/mol. The van der Waals surface area contributed by atoms with E-state index in [2.05, 4.69) is 4.98 Å². The van der Waals surface area contributed by atoms with Gasteiger partial charge in [-0.2, -0.15) is 0 Å². The highest BCUT2D eigenvalue weighted by Gasteiger charge is 2.78. The minimum atomic E-state index is -1.43. The highest BCUT2D eigenvalue weighted by atomic mass is 32.2. The number of thioether (sulfide) groups is 1. The molecule has 3 aromatic rings. The van der Waals surface area contributed by atoms with Crippen molar-refractivity contribution in [3.8, 4) is 0 Å². The predicted octanol–water partition coefficient (Wildman–Crippen LogP) is 3.92. The second-order valence-electron chi connectivity index (χ2n) is 9.43. The second kappa shape index (κ2) is 8.19. The molecule has 6 rings (SSSR count). The highest BCUT2D eigenvalue weighted by Crippen LogP contribution is 2.66. The molecule has 182 valence electrons. The third-order valence-corrected chi connectivity index (χ3v) is 9.65. The lowest BCUT2D eigenvalue weighted by Crippen LogP contribution is -2.62. The van der Waals surface area contributed by atoms with Gasteiger partial charge in [-0.15, -0.1) is 0 Å². The first-order valence-electron chi connectivity index (χ1n) is 11.6. The number of hydrogen-bond acceptors (Lipinski definition) is 6. The quantitative estimate of drug-likeness (QED) is 0.490. The lowest BCUT2D eigenvalue weighted by Gasteiger charge is -2.42. The normalized spacial score (nSPS) is 27.6. The van der Waals surface area contributed by atoms with E-state index in [1.807, 2.05) is 54.4 Å². The van der Waals surface area contributed by atoms with Crippen molar-refractivity contribution in [1.82, 2.24) is 14.8 Å². The molecule has 3 aliphatic heterocycles. The molecule has 2 spiro atoms. The standard InChI is InChI=1S/C27H23FN4O2S2/c1-30-16-21(18-10-12-29-13-11-18)27(24(34)32(25(35)36-27)15-17-6-4-3-5-7-17)26(30)20-14-19(28)8-9-22(20)31(2)23(26)33/h3-14,21H,15-16H2,1-2H3/t21-,26-,27+/m0/s1. The molecule has 1 aromatic heterocycles. The Bertz CT molecular complexity index is 1410. The number of nitrogens with zero attached hydrogens (tertiary/aromatic N) is 4. The average Bonchev–Trinajstić information content (AvgIpc) is 3.38. The van der Waals surface area contributed by atoms with E-state index in [-0.39, 0.29) is 17.7 Å². The van der Waals surface area contributed by atoms with E-state index in [9.17, 15) is 14.0 Å². The molecule has 6 nitrogen and oxygen atoms in total. The van der Waals surface area contributed by atoms with Gasteiger partial charge in [0.2, 0.25) is 5.91 Å². The predicted molar refractivity (Wildman–Crippen MR) is 141 cm³/mol. The van der Waals surface area contributed by atoms with Crippen molar-refractivity contribution in [1.29, 1.82) is 0 Å². The Labute approximate surface area is 218 Å². The van der Waals surface area contributed by atoms with Crippen molar-refractivity contribution in [2.24, 2.45) is 0 Å². The molecule has 2 aromatic carbocycles. The van der Waals surface area contributed by atoms with Crippen LogP contribution >= 0.6 is 24.0 Å². The van der Waals surface area contributed by atoms with Crippen LogP contribution in [0.3, 0.4) is 0 Å². The number of likely N-dealkylation sites (N-methyl/N-ethyl adjacent to an activating group) is 2. The average molecular weight is 519 g/mol. The molecule has 0 saturated carbocycles. The fraction of sp³-hybridized carbons (Fsp3) is 0.259. The Morgan fingerprint density at radius 3 is 2.50 bits per heavy atom. The fourth-order valence-electron chi connectivity index (χ4n) is 6.17. The Kier molecular flexibility index (Phi) is 5.30. The number of carbonyl (C=O) groups is 2. The van der Waals surface area contributed by atoms with Crippen LogP contribution in [0.4, 0.5) is 10.1 Å². The van der Waals surface area contributed by atoms with E-state index in [4.69, 9.17) is 12.2 Å². The van der Waals surface area contributed by atoms with E-state index in [1.54, 1.807) is 35.3 Å².